The summed E-state index contributed by atoms with van der Waals surface area (Å²) in [7, 11) is 0. The fraction of sp³-hybridized carbons (Fsp3) is 0.500. The molecule has 112 valence electrons. The minimum absolute atomic E-state index is 0.113. The van der Waals surface area contributed by atoms with Gasteiger partial charge in [-0.15, -0.1) is 0 Å². The maximum absolute atomic E-state index is 12.0. The molecule has 0 atom stereocenters. The molecule has 0 spiro atoms. The second-order valence-electron chi connectivity index (χ2n) is 6.29. The Morgan fingerprint density at radius 3 is 2.86 bits per heavy atom. The first-order valence-electron chi connectivity index (χ1n) is 7.39. The SMILES string of the molecule is CC(C)C1(CNCc2nc3cc(Cl)ccc3c(=O)[nH]2)CC1. The average Bonchev–Trinajstić information content (AvgIpc) is 3.19. The van der Waals surface area contributed by atoms with E-state index < -0.39 is 0 Å². The van der Waals surface area contributed by atoms with E-state index >= 15 is 0 Å². The summed E-state index contributed by atoms with van der Waals surface area (Å²) in [6.45, 7) is 6.09. The summed E-state index contributed by atoms with van der Waals surface area (Å²) >= 11 is 5.96. The highest BCUT2D eigenvalue weighted by Crippen LogP contribution is 2.51. The predicted octanol–water partition coefficient (Wildman–Crippen LogP) is 3.10. The minimum atomic E-state index is -0.113. The zero-order valence-corrected chi connectivity index (χ0v) is 13.1. The number of benzene rings is 1. The summed E-state index contributed by atoms with van der Waals surface area (Å²) in [6.07, 6.45) is 2.57. The van der Waals surface area contributed by atoms with E-state index in [9.17, 15) is 4.79 Å². The van der Waals surface area contributed by atoms with Gasteiger partial charge in [0.2, 0.25) is 0 Å². The van der Waals surface area contributed by atoms with Crippen LogP contribution in [0.25, 0.3) is 10.9 Å². The third-order valence-electron chi connectivity index (χ3n) is 4.60. The Kier molecular flexibility index (Phi) is 3.76. The quantitative estimate of drug-likeness (QED) is 0.892. The molecule has 1 saturated carbocycles. The molecule has 1 heterocycles. The zero-order valence-electron chi connectivity index (χ0n) is 12.4. The average molecular weight is 306 g/mol. The third-order valence-corrected chi connectivity index (χ3v) is 4.84. The number of aromatic nitrogens is 2. The summed E-state index contributed by atoms with van der Waals surface area (Å²) in [5.74, 6) is 1.35. The Morgan fingerprint density at radius 2 is 2.19 bits per heavy atom. The van der Waals surface area contributed by atoms with Gasteiger partial charge < -0.3 is 10.3 Å². The van der Waals surface area contributed by atoms with Crippen molar-refractivity contribution in [1.29, 1.82) is 0 Å². The highest BCUT2D eigenvalue weighted by Gasteiger charge is 2.44. The lowest BCUT2D eigenvalue weighted by Gasteiger charge is -2.19. The van der Waals surface area contributed by atoms with Crippen LogP contribution in [0.4, 0.5) is 0 Å². The summed E-state index contributed by atoms with van der Waals surface area (Å²) in [5, 5.41) is 4.59. The molecule has 4 nitrogen and oxygen atoms in total. The number of hydrogen-bond acceptors (Lipinski definition) is 3. The van der Waals surface area contributed by atoms with Crippen molar-refractivity contribution in [3.63, 3.8) is 0 Å². The van der Waals surface area contributed by atoms with Crippen molar-refractivity contribution in [3.8, 4) is 0 Å². The molecule has 0 saturated heterocycles. The van der Waals surface area contributed by atoms with Gasteiger partial charge in [0.25, 0.3) is 5.56 Å². The van der Waals surface area contributed by atoms with Gasteiger partial charge in [0, 0.05) is 11.6 Å². The van der Waals surface area contributed by atoms with Crippen LogP contribution in [0.1, 0.15) is 32.5 Å². The highest BCUT2D eigenvalue weighted by atomic mass is 35.5. The predicted molar refractivity (Wildman–Crippen MR) is 85.6 cm³/mol. The van der Waals surface area contributed by atoms with E-state index in [0.29, 0.717) is 39.6 Å². The summed E-state index contributed by atoms with van der Waals surface area (Å²) in [5.41, 5.74) is 0.979. The molecule has 1 fully saturated rings. The lowest BCUT2D eigenvalue weighted by Crippen LogP contribution is -2.28. The van der Waals surface area contributed by atoms with E-state index in [-0.39, 0.29) is 5.56 Å². The second kappa shape index (κ2) is 5.43. The molecule has 21 heavy (non-hydrogen) atoms. The number of hydrogen-bond donors (Lipinski definition) is 2. The lowest BCUT2D eigenvalue weighted by atomic mass is 9.92. The van der Waals surface area contributed by atoms with E-state index in [1.54, 1.807) is 18.2 Å². The molecule has 2 aromatic rings. The maximum Gasteiger partial charge on any atom is 0.258 e. The Balaban J connectivity index is 1.74. The third kappa shape index (κ3) is 2.97. The Morgan fingerprint density at radius 1 is 1.43 bits per heavy atom. The molecular weight excluding hydrogens is 286 g/mol. The molecule has 0 radical (unpaired) electrons. The molecule has 0 amide bonds. The number of fused-ring (bicyclic) bond motifs is 1. The van der Waals surface area contributed by atoms with Gasteiger partial charge in [0.05, 0.1) is 17.4 Å². The molecule has 5 heteroatoms. The molecule has 1 aromatic heterocycles. The van der Waals surface area contributed by atoms with Crippen LogP contribution in [-0.4, -0.2) is 16.5 Å². The number of nitrogens with one attached hydrogen (secondary N) is 2. The number of nitrogens with zero attached hydrogens (tertiary/aromatic N) is 1. The van der Waals surface area contributed by atoms with E-state index in [0.717, 1.165) is 6.54 Å². The first-order valence-corrected chi connectivity index (χ1v) is 7.77. The van der Waals surface area contributed by atoms with Crippen LogP contribution in [0.3, 0.4) is 0 Å². The topological polar surface area (TPSA) is 57.8 Å². The van der Waals surface area contributed by atoms with Crippen LogP contribution in [-0.2, 0) is 6.54 Å². The van der Waals surface area contributed by atoms with Crippen molar-refractivity contribution >= 4 is 22.5 Å². The Hall–Kier alpha value is -1.39. The lowest BCUT2D eigenvalue weighted by molar-refractivity contribution is 0.336. The van der Waals surface area contributed by atoms with Gasteiger partial charge >= 0.3 is 0 Å². The van der Waals surface area contributed by atoms with Gasteiger partial charge in [-0.1, -0.05) is 25.4 Å². The summed E-state index contributed by atoms with van der Waals surface area (Å²) in [6, 6.07) is 5.14. The van der Waals surface area contributed by atoms with Crippen LogP contribution in [0.5, 0.6) is 0 Å². The molecule has 2 N–H and O–H groups in total. The van der Waals surface area contributed by atoms with Crippen molar-refractivity contribution in [1.82, 2.24) is 15.3 Å². The van der Waals surface area contributed by atoms with Gasteiger partial charge in [0.15, 0.2) is 0 Å². The first kappa shape index (κ1) is 14.5. The standard InChI is InChI=1S/C16H20ClN3O/c1-10(2)16(5-6-16)9-18-8-14-19-13-7-11(17)3-4-12(13)15(21)20-14/h3-4,7,10,18H,5-6,8-9H2,1-2H3,(H,19,20,21). The van der Waals surface area contributed by atoms with Crippen LogP contribution in [0.2, 0.25) is 5.02 Å². The van der Waals surface area contributed by atoms with Crippen molar-refractivity contribution in [2.75, 3.05) is 6.54 Å². The monoisotopic (exact) mass is 305 g/mol. The molecule has 1 aliphatic carbocycles. The van der Waals surface area contributed by atoms with E-state index in [1.165, 1.54) is 12.8 Å². The number of aromatic amines is 1. The summed E-state index contributed by atoms with van der Waals surface area (Å²) < 4.78 is 0. The largest absolute Gasteiger partial charge is 0.309 e. The van der Waals surface area contributed by atoms with Gasteiger partial charge in [-0.2, -0.15) is 0 Å². The van der Waals surface area contributed by atoms with E-state index in [4.69, 9.17) is 11.6 Å². The van der Waals surface area contributed by atoms with Gasteiger partial charge in [-0.3, -0.25) is 4.79 Å². The minimum Gasteiger partial charge on any atom is -0.309 e. The van der Waals surface area contributed by atoms with Crippen molar-refractivity contribution in [2.24, 2.45) is 11.3 Å². The van der Waals surface area contributed by atoms with Crippen molar-refractivity contribution < 1.29 is 0 Å². The summed E-state index contributed by atoms with van der Waals surface area (Å²) in [4.78, 5) is 19.3. The molecule has 0 unspecified atom stereocenters. The van der Waals surface area contributed by atoms with Crippen LogP contribution < -0.4 is 10.9 Å². The van der Waals surface area contributed by atoms with Crippen LogP contribution in [0, 0.1) is 11.3 Å². The molecule has 0 bridgehead atoms. The molecule has 0 aliphatic heterocycles. The highest BCUT2D eigenvalue weighted by molar-refractivity contribution is 6.31. The first-order chi connectivity index (χ1) is 10.00. The normalized spacial score (nSPS) is 16.6. The Bertz CT molecular complexity index is 719. The van der Waals surface area contributed by atoms with E-state index in [1.807, 2.05) is 0 Å². The fourth-order valence-corrected chi connectivity index (χ4v) is 2.96. The van der Waals surface area contributed by atoms with Crippen LogP contribution in [0.15, 0.2) is 23.0 Å². The smallest absolute Gasteiger partial charge is 0.258 e. The van der Waals surface area contributed by atoms with Crippen molar-refractivity contribution in [3.05, 3.63) is 39.4 Å². The zero-order chi connectivity index (χ0) is 15.0. The molecule has 1 aliphatic rings. The molecular formula is C16H20ClN3O. The Labute approximate surface area is 128 Å². The maximum atomic E-state index is 12.0. The van der Waals surface area contributed by atoms with E-state index in [2.05, 4.69) is 29.1 Å². The number of halogens is 1. The number of rotatable bonds is 5. The molecule has 3 rings (SSSR count). The second-order valence-corrected chi connectivity index (χ2v) is 6.73. The van der Waals surface area contributed by atoms with Crippen LogP contribution >= 0.6 is 11.6 Å². The fourth-order valence-electron chi connectivity index (χ4n) is 2.79. The van der Waals surface area contributed by atoms with Gasteiger partial charge in [-0.25, -0.2) is 4.98 Å². The van der Waals surface area contributed by atoms with Gasteiger partial charge in [-0.05, 0) is 42.4 Å². The van der Waals surface area contributed by atoms with Gasteiger partial charge in [0.1, 0.15) is 5.82 Å². The number of H-pyrrole nitrogens is 1. The van der Waals surface area contributed by atoms with Crippen molar-refractivity contribution in [2.45, 2.75) is 33.2 Å². The molecule has 1 aromatic carbocycles.